The highest BCUT2D eigenvalue weighted by molar-refractivity contribution is 7.45. The van der Waals surface area contributed by atoms with Crippen LogP contribution in [-0.4, -0.2) is 23.9 Å². The summed E-state index contributed by atoms with van der Waals surface area (Å²) in [4.78, 5) is 21.6. The number of aromatic nitrogens is 1. The van der Waals surface area contributed by atoms with Crippen LogP contribution in [0, 0.1) is 0 Å². The van der Waals surface area contributed by atoms with Gasteiger partial charge in [-0.2, -0.15) is 0 Å². The summed E-state index contributed by atoms with van der Waals surface area (Å²) in [7, 11) is -4.64. The molecule has 0 atom stereocenters. The van der Waals surface area contributed by atoms with Crippen molar-refractivity contribution in [2.75, 3.05) is 0 Å². The fourth-order valence-corrected chi connectivity index (χ4v) is 1.36. The van der Waals surface area contributed by atoms with Crippen molar-refractivity contribution >= 4 is 30.5 Å². The van der Waals surface area contributed by atoms with Gasteiger partial charge in [-0.15, -0.1) is 0 Å². The maximum atomic E-state index is 9.29. The van der Waals surface area contributed by atoms with Gasteiger partial charge in [0.25, 0.3) is 0 Å². The Morgan fingerprint density at radius 3 is 2.19 bits per heavy atom. The molecular formula is C8H9ClNO5P. The predicted octanol–water partition coefficient (Wildman–Crippen LogP) is 1.42. The van der Waals surface area contributed by atoms with Gasteiger partial charge in [-0.25, -0.2) is 4.57 Å². The molecule has 0 aliphatic heterocycles. The van der Waals surface area contributed by atoms with Crippen molar-refractivity contribution in [1.82, 2.24) is 4.09 Å². The number of nitrogens with zero attached hydrogens (tertiary/aromatic N) is 1. The average molecular weight is 266 g/mol. The molecule has 88 valence electrons. The molecule has 0 radical (unpaired) electrons. The molecule has 2 rings (SSSR count). The van der Waals surface area contributed by atoms with Gasteiger partial charge in [0.05, 0.1) is 11.7 Å². The normalized spacial score (nSPS) is 11.0. The quantitative estimate of drug-likeness (QED) is 0.540. The molecule has 16 heavy (non-hydrogen) atoms. The van der Waals surface area contributed by atoms with E-state index in [1.54, 1.807) is 0 Å². The molecule has 8 heteroatoms. The fraction of sp³-hybridized carbons (Fsp3) is 0. The van der Waals surface area contributed by atoms with Gasteiger partial charge in [0, 0.05) is 17.2 Å². The Bertz CT molecular complexity index is 490. The van der Waals surface area contributed by atoms with Gasteiger partial charge >= 0.3 is 7.82 Å². The van der Waals surface area contributed by atoms with Crippen LogP contribution in [0.25, 0.3) is 10.9 Å². The van der Waals surface area contributed by atoms with Gasteiger partial charge in [-0.05, 0) is 12.1 Å². The lowest BCUT2D eigenvalue weighted by atomic mass is 10.2. The van der Waals surface area contributed by atoms with Crippen LogP contribution in [-0.2, 0) is 4.57 Å². The molecule has 0 saturated heterocycles. The van der Waals surface area contributed by atoms with Crippen molar-refractivity contribution in [1.29, 1.82) is 0 Å². The van der Waals surface area contributed by atoms with Crippen LogP contribution in [0.1, 0.15) is 0 Å². The highest BCUT2D eigenvalue weighted by Gasteiger charge is 2.03. The molecule has 1 aromatic carbocycles. The molecule has 0 spiro atoms. The van der Waals surface area contributed by atoms with Crippen molar-refractivity contribution in [3.8, 4) is 5.75 Å². The van der Waals surface area contributed by atoms with E-state index in [0.29, 0.717) is 0 Å². The summed E-state index contributed by atoms with van der Waals surface area (Å²) in [5, 5.41) is 10.1. The Labute approximate surface area is 95.7 Å². The smallest absolute Gasteiger partial charge is 0.466 e. The van der Waals surface area contributed by atoms with Crippen LogP contribution in [0.4, 0.5) is 0 Å². The molecule has 4 N–H and O–H groups in total. The number of phosphoric acid groups is 1. The highest BCUT2D eigenvalue weighted by Crippen LogP contribution is 2.27. The monoisotopic (exact) mass is 265 g/mol. The number of rotatable bonds is 0. The average Bonchev–Trinajstić information content (AvgIpc) is 2.41. The van der Waals surface area contributed by atoms with Crippen LogP contribution in [0.15, 0.2) is 30.5 Å². The van der Waals surface area contributed by atoms with E-state index in [4.69, 9.17) is 31.0 Å². The third-order valence-electron chi connectivity index (χ3n) is 1.65. The molecule has 0 unspecified atom stereocenters. The Kier molecular flexibility index (Phi) is 3.96. The number of para-hydroxylation sites is 1. The molecule has 0 bridgehead atoms. The lowest BCUT2D eigenvalue weighted by molar-refractivity contribution is 0.275. The van der Waals surface area contributed by atoms with Crippen molar-refractivity contribution < 1.29 is 24.4 Å². The minimum Gasteiger partial charge on any atom is -0.506 e. The van der Waals surface area contributed by atoms with E-state index in [1.807, 2.05) is 24.3 Å². The van der Waals surface area contributed by atoms with Crippen LogP contribution in [0.2, 0.25) is 0 Å². The molecule has 0 aliphatic carbocycles. The molecule has 0 fully saturated rings. The predicted molar refractivity (Wildman–Crippen MR) is 59.1 cm³/mol. The van der Waals surface area contributed by atoms with Crippen molar-refractivity contribution in [3.05, 3.63) is 30.5 Å². The zero-order chi connectivity index (χ0) is 12.3. The molecule has 2 aromatic rings. The number of hydrogen-bond donors (Lipinski definition) is 4. The maximum Gasteiger partial charge on any atom is 0.466 e. The topological polar surface area (TPSA) is 103 Å². The zero-order valence-corrected chi connectivity index (χ0v) is 9.51. The summed E-state index contributed by atoms with van der Waals surface area (Å²) < 4.78 is 10.3. The number of halogens is 1. The van der Waals surface area contributed by atoms with E-state index in [0.717, 1.165) is 10.9 Å². The van der Waals surface area contributed by atoms with E-state index in [-0.39, 0.29) is 5.75 Å². The van der Waals surface area contributed by atoms with E-state index in [2.05, 4.69) is 0 Å². The van der Waals surface area contributed by atoms with Gasteiger partial charge in [0.15, 0.2) is 0 Å². The number of hydrogen-bond acceptors (Lipinski definition) is 2. The van der Waals surface area contributed by atoms with E-state index < -0.39 is 7.82 Å². The first-order chi connectivity index (χ1) is 7.29. The Morgan fingerprint density at radius 1 is 1.19 bits per heavy atom. The second-order valence-corrected chi connectivity index (χ2v) is 4.25. The van der Waals surface area contributed by atoms with Crippen LogP contribution in [0.3, 0.4) is 0 Å². The minimum atomic E-state index is -4.64. The number of aromatic hydroxyl groups is 1. The molecule has 6 nitrogen and oxygen atoms in total. The van der Waals surface area contributed by atoms with E-state index >= 15 is 0 Å². The maximum absolute atomic E-state index is 9.29. The lowest BCUT2D eigenvalue weighted by Gasteiger charge is -1.89. The summed E-state index contributed by atoms with van der Waals surface area (Å²) in [6, 6.07) is 7.41. The summed E-state index contributed by atoms with van der Waals surface area (Å²) >= 11 is 5.73. The molecule has 1 aromatic heterocycles. The Morgan fingerprint density at radius 2 is 1.69 bits per heavy atom. The van der Waals surface area contributed by atoms with E-state index in [9.17, 15) is 5.11 Å². The summed E-state index contributed by atoms with van der Waals surface area (Å²) in [6.45, 7) is 0. The third kappa shape index (κ3) is 3.84. The SMILES string of the molecule is O=P(O)(O)O.Oc1cn(Cl)c2ccccc12. The van der Waals surface area contributed by atoms with Crippen molar-refractivity contribution in [2.45, 2.75) is 0 Å². The van der Waals surface area contributed by atoms with Gasteiger partial charge in [0.2, 0.25) is 0 Å². The second-order valence-electron chi connectivity index (χ2n) is 2.86. The first-order valence-electron chi connectivity index (χ1n) is 4.02. The zero-order valence-electron chi connectivity index (χ0n) is 7.86. The first-order valence-corrected chi connectivity index (χ1v) is 5.93. The van der Waals surface area contributed by atoms with Gasteiger partial charge in [-0.1, -0.05) is 12.1 Å². The molecule has 0 aliphatic rings. The van der Waals surface area contributed by atoms with Crippen LogP contribution >= 0.6 is 19.6 Å². The Hall–Kier alpha value is -1.04. The molecule has 1 heterocycles. The van der Waals surface area contributed by atoms with Crippen molar-refractivity contribution in [3.63, 3.8) is 0 Å². The second kappa shape index (κ2) is 4.86. The van der Waals surface area contributed by atoms with Gasteiger partial charge in [-0.3, -0.25) is 4.09 Å². The third-order valence-corrected chi connectivity index (χ3v) is 1.93. The van der Waals surface area contributed by atoms with Gasteiger partial charge in [0.1, 0.15) is 5.75 Å². The molecule has 0 amide bonds. The summed E-state index contributed by atoms with van der Waals surface area (Å²) in [6.07, 6.45) is 1.48. The summed E-state index contributed by atoms with van der Waals surface area (Å²) in [5.74, 6) is 0.218. The van der Waals surface area contributed by atoms with Crippen LogP contribution < -0.4 is 0 Å². The largest absolute Gasteiger partial charge is 0.506 e. The highest BCUT2D eigenvalue weighted by atomic mass is 35.5. The van der Waals surface area contributed by atoms with Gasteiger partial charge < -0.3 is 19.8 Å². The first kappa shape index (κ1) is 13.0. The number of benzene rings is 1. The standard InChI is InChI=1S/C8H6ClNO.H3O4P/c9-10-5-8(11)6-3-1-2-4-7(6)10;1-5(2,3)4/h1-5,11H;(H3,1,2,3,4). The van der Waals surface area contributed by atoms with E-state index in [1.165, 1.54) is 10.3 Å². The lowest BCUT2D eigenvalue weighted by Crippen LogP contribution is -1.72. The fourth-order valence-electron chi connectivity index (χ4n) is 1.12. The van der Waals surface area contributed by atoms with Crippen molar-refractivity contribution in [2.24, 2.45) is 0 Å². The Balaban J connectivity index is 0.000000221. The minimum absolute atomic E-state index is 0.218. The number of fused-ring (bicyclic) bond motifs is 1. The molecule has 0 saturated carbocycles. The van der Waals surface area contributed by atoms with Crippen LogP contribution in [0.5, 0.6) is 5.75 Å². The molecular weight excluding hydrogens is 257 g/mol. The summed E-state index contributed by atoms with van der Waals surface area (Å²) in [5.41, 5.74) is 0.826.